The number of carbonyl (C=O) groups is 1. The van der Waals surface area contributed by atoms with E-state index in [4.69, 9.17) is 11.6 Å². The van der Waals surface area contributed by atoms with E-state index >= 15 is 0 Å². The predicted molar refractivity (Wildman–Crippen MR) is 78.0 cm³/mol. The van der Waals surface area contributed by atoms with Crippen LogP contribution in [0.5, 0.6) is 0 Å². The first-order chi connectivity index (χ1) is 7.78. The van der Waals surface area contributed by atoms with E-state index in [1.54, 1.807) is 16.7 Å². The second-order valence-electron chi connectivity index (χ2n) is 4.86. The number of thiophene rings is 1. The minimum Gasteiger partial charge on any atom is -0.340 e. The number of hydrogen-bond donors (Lipinski definition) is 0. The molecule has 0 atom stereocenters. The highest BCUT2D eigenvalue weighted by atomic mass is 35.5. The standard InChI is InChI=1S/C12H18ClNOS2/c1-12(2,3)16-8-11(15)14(4)7-9-5-6-10(13)17-9/h5-6H,7-8H2,1-4H3. The Labute approximate surface area is 116 Å². The monoisotopic (exact) mass is 291 g/mol. The summed E-state index contributed by atoms with van der Waals surface area (Å²) in [4.78, 5) is 14.7. The van der Waals surface area contributed by atoms with E-state index in [-0.39, 0.29) is 10.7 Å². The molecule has 0 saturated carbocycles. The van der Waals surface area contributed by atoms with Crippen LogP contribution in [0.4, 0.5) is 0 Å². The molecule has 0 aliphatic carbocycles. The fourth-order valence-corrected chi connectivity index (χ4v) is 3.07. The van der Waals surface area contributed by atoms with Gasteiger partial charge in [-0.3, -0.25) is 4.79 Å². The lowest BCUT2D eigenvalue weighted by Crippen LogP contribution is -2.28. The van der Waals surface area contributed by atoms with Gasteiger partial charge in [-0.25, -0.2) is 0 Å². The summed E-state index contributed by atoms with van der Waals surface area (Å²) < 4.78 is 0.896. The summed E-state index contributed by atoms with van der Waals surface area (Å²) in [7, 11) is 1.83. The molecular formula is C12H18ClNOS2. The highest BCUT2D eigenvalue weighted by Crippen LogP contribution is 2.25. The van der Waals surface area contributed by atoms with Crippen molar-refractivity contribution in [2.75, 3.05) is 12.8 Å². The molecule has 0 fully saturated rings. The quantitative estimate of drug-likeness (QED) is 0.839. The smallest absolute Gasteiger partial charge is 0.232 e. The van der Waals surface area contributed by atoms with Crippen molar-refractivity contribution in [3.05, 3.63) is 21.3 Å². The molecule has 0 N–H and O–H groups in total. The highest BCUT2D eigenvalue weighted by Gasteiger charge is 2.16. The minimum atomic E-state index is 0.128. The summed E-state index contributed by atoms with van der Waals surface area (Å²) in [5.41, 5.74) is 0. The van der Waals surface area contributed by atoms with Gasteiger partial charge in [-0.2, -0.15) is 0 Å². The molecular weight excluding hydrogens is 274 g/mol. The third-order valence-corrected chi connectivity index (χ3v) is 4.55. The van der Waals surface area contributed by atoms with E-state index in [9.17, 15) is 4.79 Å². The van der Waals surface area contributed by atoms with Crippen LogP contribution in [-0.2, 0) is 11.3 Å². The van der Waals surface area contributed by atoms with Gasteiger partial charge in [0.15, 0.2) is 0 Å². The molecule has 0 unspecified atom stereocenters. The second-order valence-corrected chi connectivity index (χ2v) is 8.46. The third kappa shape index (κ3) is 5.80. The Kier molecular flexibility index (Phi) is 5.35. The Morgan fingerprint density at radius 3 is 2.59 bits per heavy atom. The lowest BCUT2D eigenvalue weighted by molar-refractivity contribution is -0.127. The Balaban J connectivity index is 2.42. The molecule has 1 amide bonds. The highest BCUT2D eigenvalue weighted by molar-refractivity contribution is 8.01. The number of halogens is 1. The van der Waals surface area contributed by atoms with Crippen molar-refractivity contribution >= 4 is 40.6 Å². The van der Waals surface area contributed by atoms with Gasteiger partial charge in [0.2, 0.25) is 5.91 Å². The van der Waals surface area contributed by atoms with E-state index in [0.717, 1.165) is 9.21 Å². The summed E-state index contributed by atoms with van der Waals surface area (Å²) in [5.74, 6) is 0.688. The van der Waals surface area contributed by atoms with Gasteiger partial charge in [0.1, 0.15) is 0 Å². The summed E-state index contributed by atoms with van der Waals surface area (Å²) in [6.07, 6.45) is 0. The van der Waals surface area contributed by atoms with Gasteiger partial charge in [-0.1, -0.05) is 32.4 Å². The summed E-state index contributed by atoms with van der Waals surface area (Å²) >= 11 is 9.05. The molecule has 0 bridgehead atoms. The summed E-state index contributed by atoms with van der Waals surface area (Å²) in [6, 6.07) is 3.83. The molecule has 0 saturated heterocycles. The van der Waals surface area contributed by atoms with Gasteiger partial charge in [0.25, 0.3) is 0 Å². The molecule has 1 heterocycles. The van der Waals surface area contributed by atoms with Gasteiger partial charge >= 0.3 is 0 Å². The van der Waals surface area contributed by atoms with Gasteiger partial charge < -0.3 is 4.90 Å². The number of nitrogens with zero attached hydrogens (tertiary/aromatic N) is 1. The van der Waals surface area contributed by atoms with Crippen LogP contribution in [-0.4, -0.2) is 28.4 Å². The lowest BCUT2D eigenvalue weighted by atomic mass is 10.3. The lowest BCUT2D eigenvalue weighted by Gasteiger charge is -2.20. The number of amides is 1. The Morgan fingerprint density at radius 1 is 1.47 bits per heavy atom. The van der Waals surface area contributed by atoms with Crippen molar-refractivity contribution < 1.29 is 4.79 Å². The summed E-state index contributed by atoms with van der Waals surface area (Å²) in [6.45, 7) is 6.99. The molecule has 96 valence electrons. The van der Waals surface area contributed by atoms with Crippen molar-refractivity contribution in [3.63, 3.8) is 0 Å². The fourth-order valence-electron chi connectivity index (χ4n) is 1.15. The van der Waals surface area contributed by atoms with Crippen LogP contribution >= 0.6 is 34.7 Å². The van der Waals surface area contributed by atoms with E-state index in [1.807, 2.05) is 19.2 Å². The van der Waals surface area contributed by atoms with Crippen LogP contribution in [0.15, 0.2) is 12.1 Å². The Morgan fingerprint density at radius 2 is 2.12 bits per heavy atom. The van der Waals surface area contributed by atoms with Crippen molar-refractivity contribution in [2.24, 2.45) is 0 Å². The Bertz CT molecular complexity index is 384. The van der Waals surface area contributed by atoms with Crippen molar-refractivity contribution in [3.8, 4) is 0 Å². The predicted octanol–water partition coefficient (Wildman–Crippen LogP) is 3.89. The minimum absolute atomic E-state index is 0.128. The van der Waals surface area contributed by atoms with Crippen LogP contribution in [0, 0.1) is 0 Å². The molecule has 0 aromatic carbocycles. The van der Waals surface area contributed by atoms with Crippen molar-refractivity contribution in [1.29, 1.82) is 0 Å². The number of hydrogen-bond acceptors (Lipinski definition) is 3. The largest absolute Gasteiger partial charge is 0.340 e. The zero-order chi connectivity index (χ0) is 13.1. The first kappa shape index (κ1) is 14.9. The van der Waals surface area contributed by atoms with Crippen LogP contribution < -0.4 is 0 Å². The molecule has 1 aromatic rings. The summed E-state index contributed by atoms with van der Waals surface area (Å²) in [5, 5.41) is 0. The molecule has 0 spiro atoms. The van der Waals surface area contributed by atoms with Crippen LogP contribution in [0.2, 0.25) is 4.34 Å². The van der Waals surface area contributed by atoms with Crippen LogP contribution in [0.3, 0.4) is 0 Å². The van der Waals surface area contributed by atoms with Crippen LogP contribution in [0.1, 0.15) is 25.6 Å². The van der Waals surface area contributed by atoms with Gasteiger partial charge in [0.05, 0.1) is 16.6 Å². The van der Waals surface area contributed by atoms with E-state index in [0.29, 0.717) is 12.3 Å². The maximum Gasteiger partial charge on any atom is 0.232 e. The molecule has 2 nitrogen and oxygen atoms in total. The van der Waals surface area contributed by atoms with Crippen LogP contribution in [0.25, 0.3) is 0 Å². The number of carbonyl (C=O) groups excluding carboxylic acids is 1. The topological polar surface area (TPSA) is 20.3 Å². The normalized spacial score (nSPS) is 11.6. The maximum atomic E-state index is 11.9. The average Bonchev–Trinajstić information content (AvgIpc) is 2.59. The van der Waals surface area contributed by atoms with Gasteiger partial charge in [0, 0.05) is 16.7 Å². The fraction of sp³-hybridized carbons (Fsp3) is 0.583. The third-order valence-electron chi connectivity index (χ3n) is 2.08. The number of rotatable bonds is 4. The zero-order valence-corrected chi connectivity index (χ0v) is 13.0. The van der Waals surface area contributed by atoms with Crippen molar-refractivity contribution in [1.82, 2.24) is 4.90 Å². The SMILES string of the molecule is CN(Cc1ccc(Cl)s1)C(=O)CSC(C)(C)C. The second kappa shape index (κ2) is 6.12. The molecule has 1 aromatic heterocycles. The average molecular weight is 292 g/mol. The van der Waals surface area contributed by atoms with Crippen molar-refractivity contribution in [2.45, 2.75) is 32.1 Å². The molecule has 17 heavy (non-hydrogen) atoms. The molecule has 0 radical (unpaired) electrons. The first-order valence-electron chi connectivity index (χ1n) is 5.40. The maximum absolute atomic E-state index is 11.9. The molecule has 0 aliphatic heterocycles. The molecule has 5 heteroatoms. The first-order valence-corrected chi connectivity index (χ1v) is 7.58. The number of thioether (sulfide) groups is 1. The Hall–Kier alpha value is -0.190. The zero-order valence-electron chi connectivity index (χ0n) is 10.6. The van der Waals surface area contributed by atoms with E-state index in [1.165, 1.54) is 11.3 Å². The van der Waals surface area contributed by atoms with E-state index in [2.05, 4.69) is 20.8 Å². The van der Waals surface area contributed by atoms with Gasteiger partial charge in [-0.05, 0) is 12.1 Å². The van der Waals surface area contributed by atoms with Gasteiger partial charge in [-0.15, -0.1) is 23.1 Å². The van der Waals surface area contributed by atoms with E-state index < -0.39 is 0 Å². The molecule has 1 rings (SSSR count). The molecule has 0 aliphatic rings.